The fourth-order valence-corrected chi connectivity index (χ4v) is 5.33. The molecule has 0 spiro atoms. The molecule has 2 rings (SSSR count). The van der Waals surface area contributed by atoms with Crippen molar-refractivity contribution in [1.82, 2.24) is 10.6 Å². The minimum atomic E-state index is -2.69. The Balaban J connectivity index is 2.63. The van der Waals surface area contributed by atoms with Crippen LogP contribution in [0.1, 0.15) is 58.8 Å². The van der Waals surface area contributed by atoms with Crippen molar-refractivity contribution in [3.05, 3.63) is 63.5 Å². The van der Waals surface area contributed by atoms with Gasteiger partial charge in [0.2, 0.25) is 11.7 Å². The Morgan fingerprint density at radius 2 is 1.65 bits per heavy atom. The standard InChI is InChI=1S/C31H44FN3O10Si/c1-30(2,3)44-29(39)33-21(15-18-11-13-20(32)22(16-18)35(40)41)27(37)34-25(28(38)43-8)26(45-46(9,10)31(4,5)6)19-12-14-24(42-7)23(36)17-19/h11-14,16-17,21,25-26,36H,15H2,1-10H3,(H,33,39)(H,34,37)/t21-,25-,26-/m0/s1. The zero-order chi connectivity index (χ0) is 35.2. The number of carbonyl (C=O) groups is 3. The lowest BCUT2D eigenvalue weighted by Crippen LogP contribution is -2.56. The van der Waals surface area contributed by atoms with Gasteiger partial charge in [-0.15, -0.1) is 0 Å². The van der Waals surface area contributed by atoms with E-state index >= 15 is 0 Å². The first kappa shape index (κ1) is 37.9. The largest absolute Gasteiger partial charge is 0.504 e. The first-order chi connectivity index (χ1) is 21.1. The third-order valence-electron chi connectivity index (χ3n) is 7.47. The van der Waals surface area contributed by atoms with Crippen molar-refractivity contribution in [3.8, 4) is 11.5 Å². The number of ether oxygens (including phenoxy) is 3. The lowest BCUT2D eigenvalue weighted by Gasteiger charge is -2.41. The molecule has 0 aliphatic rings. The number of hydrogen-bond donors (Lipinski definition) is 3. The summed E-state index contributed by atoms with van der Waals surface area (Å²) in [6.45, 7) is 14.7. The molecule has 3 atom stereocenters. The highest BCUT2D eigenvalue weighted by molar-refractivity contribution is 6.74. The molecule has 0 unspecified atom stereocenters. The lowest BCUT2D eigenvalue weighted by atomic mass is 10.00. The molecular weight excluding hydrogens is 621 g/mol. The van der Waals surface area contributed by atoms with Gasteiger partial charge in [0, 0.05) is 12.5 Å². The zero-order valence-corrected chi connectivity index (χ0v) is 28.8. The molecule has 2 aromatic rings. The quantitative estimate of drug-likeness (QED) is 0.117. The maximum Gasteiger partial charge on any atom is 0.408 e. The molecular formula is C31H44FN3O10Si. The summed E-state index contributed by atoms with van der Waals surface area (Å²) < 4.78 is 36.2. The molecule has 0 radical (unpaired) electrons. The number of rotatable bonds is 12. The molecule has 3 N–H and O–H groups in total. The van der Waals surface area contributed by atoms with Crippen LogP contribution >= 0.6 is 0 Å². The van der Waals surface area contributed by atoms with E-state index in [1.165, 1.54) is 25.3 Å². The van der Waals surface area contributed by atoms with Crippen molar-refractivity contribution in [2.24, 2.45) is 0 Å². The second-order valence-electron chi connectivity index (χ2n) is 13.2. The molecule has 46 heavy (non-hydrogen) atoms. The Labute approximate surface area is 269 Å². The van der Waals surface area contributed by atoms with Crippen LogP contribution in [0.5, 0.6) is 11.5 Å². The number of nitrogens with one attached hydrogen (secondary N) is 2. The number of phenolic OH excluding ortho intramolecular Hbond substituents is 1. The highest BCUT2D eigenvalue weighted by Gasteiger charge is 2.44. The number of hydrogen-bond acceptors (Lipinski definition) is 10. The summed E-state index contributed by atoms with van der Waals surface area (Å²) in [5.41, 5.74) is -1.28. The van der Waals surface area contributed by atoms with E-state index in [1.807, 2.05) is 33.9 Å². The Hall–Kier alpha value is -4.24. The molecule has 0 saturated carbocycles. The number of methoxy groups -OCH3 is 2. The number of esters is 1. The van der Waals surface area contributed by atoms with Crippen LogP contribution in [0.3, 0.4) is 0 Å². The van der Waals surface area contributed by atoms with Crippen molar-refractivity contribution < 1.29 is 47.4 Å². The minimum absolute atomic E-state index is 0.146. The monoisotopic (exact) mass is 665 g/mol. The topological polar surface area (TPSA) is 176 Å². The van der Waals surface area contributed by atoms with Crippen molar-refractivity contribution in [2.75, 3.05) is 14.2 Å². The zero-order valence-electron chi connectivity index (χ0n) is 27.8. The molecule has 0 heterocycles. The number of carbonyl (C=O) groups excluding carboxylic acids is 3. The van der Waals surface area contributed by atoms with Gasteiger partial charge in [0.15, 0.2) is 25.9 Å². The molecule has 0 fully saturated rings. The van der Waals surface area contributed by atoms with Crippen LogP contribution in [0.25, 0.3) is 0 Å². The molecule has 2 amide bonds. The third kappa shape index (κ3) is 10.1. The predicted octanol–water partition coefficient (Wildman–Crippen LogP) is 5.30. The molecule has 0 aliphatic carbocycles. The average molecular weight is 666 g/mol. The van der Waals surface area contributed by atoms with Crippen LogP contribution in [0.2, 0.25) is 18.1 Å². The van der Waals surface area contributed by atoms with Gasteiger partial charge < -0.3 is 34.4 Å². The van der Waals surface area contributed by atoms with Gasteiger partial charge >= 0.3 is 17.7 Å². The Bertz CT molecular complexity index is 1440. The summed E-state index contributed by atoms with van der Waals surface area (Å²) >= 11 is 0. The van der Waals surface area contributed by atoms with E-state index in [4.69, 9.17) is 18.6 Å². The number of aromatic hydroxyl groups is 1. The van der Waals surface area contributed by atoms with Crippen LogP contribution in [-0.4, -0.2) is 68.2 Å². The lowest BCUT2D eigenvalue weighted by molar-refractivity contribution is -0.387. The number of halogens is 1. The first-order valence-corrected chi connectivity index (χ1v) is 17.4. The Kier molecular flexibility index (Phi) is 12.3. The van der Waals surface area contributed by atoms with Crippen molar-refractivity contribution in [1.29, 1.82) is 0 Å². The van der Waals surface area contributed by atoms with Gasteiger partial charge in [0.05, 0.1) is 19.1 Å². The van der Waals surface area contributed by atoms with Gasteiger partial charge in [0.1, 0.15) is 17.7 Å². The molecule has 0 aliphatic heterocycles. The van der Waals surface area contributed by atoms with Crippen molar-refractivity contribution >= 4 is 32.0 Å². The van der Waals surface area contributed by atoms with Crippen LogP contribution in [0.15, 0.2) is 36.4 Å². The SMILES string of the molecule is COC(=O)[C@@H](NC(=O)[C@H](Cc1ccc(F)c([N+](=O)[O-])c1)NC(=O)OC(C)(C)C)[C@@H](O[Si](C)(C)C(C)(C)C)c1ccc(OC)c(O)c1. The highest BCUT2D eigenvalue weighted by atomic mass is 28.4. The van der Waals surface area contributed by atoms with Crippen LogP contribution in [0.4, 0.5) is 14.9 Å². The molecule has 0 aromatic heterocycles. The average Bonchev–Trinajstić information content (AvgIpc) is 2.93. The number of alkyl carbamates (subject to hydrolysis) is 1. The summed E-state index contributed by atoms with van der Waals surface area (Å²) in [6, 6.07) is 4.53. The highest BCUT2D eigenvalue weighted by Crippen LogP contribution is 2.42. The first-order valence-electron chi connectivity index (χ1n) is 14.5. The van der Waals surface area contributed by atoms with E-state index in [2.05, 4.69) is 10.6 Å². The predicted molar refractivity (Wildman–Crippen MR) is 170 cm³/mol. The summed E-state index contributed by atoms with van der Waals surface area (Å²) in [4.78, 5) is 50.5. The van der Waals surface area contributed by atoms with Crippen molar-refractivity contribution in [3.63, 3.8) is 0 Å². The number of nitrogens with zero attached hydrogens (tertiary/aromatic N) is 1. The normalized spacial score (nSPS) is 14.0. The smallest absolute Gasteiger partial charge is 0.408 e. The van der Waals surface area contributed by atoms with Gasteiger partial charge in [-0.05, 0) is 68.2 Å². The molecule has 2 aromatic carbocycles. The maximum absolute atomic E-state index is 14.1. The molecule has 13 nitrogen and oxygen atoms in total. The summed E-state index contributed by atoms with van der Waals surface area (Å²) in [5.74, 6) is -2.92. The van der Waals surface area contributed by atoms with Gasteiger partial charge in [0.25, 0.3) is 0 Å². The molecule has 254 valence electrons. The van der Waals surface area contributed by atoms with E-state index in [0.29, 0.717) is 5.56 Å². The van der Waals surface area contributed by atoms with Gasteiger partial charge in [-0.1, -0.05) is 32.9 Å². The van der Waals surface area contributed by atoms with Crippen molar-refractivity contribution in [2.45, 2.75) is 89.9 Å². The van der Waals surface area contributed by atoms with Gasteiger partial charge in [-0.3, -0.25) is 14.9 Å². The van der Waals surface area contributed by atoms with E-state index in [0.717, 1.165) is 19.2 Å². The van der Waals surface area contributed by atoms with Gasteiger partial charge in [-0.25, -0.2) is 9.59 Å². The summed E-state index contributed by atoms with van der Waals surface area (Å²) in [7, 11) is -0.179. The van der Waals surface area contributed by atoms with E-state index in [-0.39, 0.29) is 28.5 Å². The Morgan fingerprint density at radius 3 is 2.15 bits per heavy atom. The number of nitro groups is 1. The van der Waals surface area contributed by atoms with E-state index in [9.17, 15) is 34.0 Å². The number of benzene rings is 2. The fourth-order valence-electron chi connectivity index (χ4n) is 4.07. The second-order valence-corrected chi connectivity index (χ2v) is 17.9. The Morgan fingerprint density at radius 1 is 1.02 bits per heavy atom. The fraction of sp³-hybridized carbons (Fsp3) is 0.516. The molecule has 0 saturated heterocycles. The number of amides is 2. The molecule has 15 heteroatoms. The summed E-state index contributed by atoms with van der Waals surface area (Å²) in [5, 5.41) is 26.6. The second kappa shape index (κ2) is 14.9. The van der Waals surface area contributed by atoms with Gasteiger partial charge in [-0.2, -0.15) is 4.39 Å². The molecule has 0 bridgehead atoms. The number of nitro benzene ring substituents is 1. The summed E-state index contributed by atoms with van der Waals surface area (Å²) in [6.07, 6.45) is -2.49. The van der Waals surface area contributed by atoms with Crippen LogP contribution in [0, 0.1) is 15.9 Å². The third-order valence-corrected chi connectivity index (χ3v) is 11.9. The van der Waals surface area contributed by atoms with Crippen LogP contribution < -0.4 is 15.4 Å². The van der Waals surface area contributed by atoms with E-state index in [1.54, 1.807) is 26.8 Å². The van der Waals surface area contributed by atoms with E-state index < -0.39 is 66.5 Å². The minimum Gasteiger partial charge on any atom is -0.504 e. The number of phenols is 1. The maximum atomic E-state index is 14.1. The van der Waals surface area contributed by atoms with Crippen LogP contribution in [-0.2, 0) is 29.9 Å².